The molecule has 0 bridgehead atoms. The lowest BCUT2D eigenvalue weighted by Crippen LogP contribution is -1.93. The van der Waals surface area contributed by atoms with Crippen LogP contribution >= 0.6 is 43.2 Å². The summed E-state index contributed by atoms with van der Waals surface area (Å²) in [5.74, 6) is 0. The Morgan fingerprint density at radius 3 is 2.80 bits per heavy atom. The molecule has 0 aliphatic heterocycles. The second-order valence-corrected chi connectivity index (χ2v) is 6.03. The number of aryl methyl sites for hydroxylation is 1. The normalized spacial score (nSPS) is 10.9. The second-order valence-electron chi connectivity index (χ2n) is 2.92. The topological polar surface area (TPSA) is 43.6 Å². The molecule has 0 saturated heterocycles. The van der Waals surface area contributed by atoms with E-state index in [-0.39, 0.29) is 0 Å². The first-order valence-corrected chi connectivity index (χ1v) is 6.79. The minimum atomic E-state index is 0.768. The van der Waals surface area contributed by atoms with Gasteiger partial charge in [0.2, 0.25) is 0 Å². The summed E-state index contributed by atoms with van der Waals surface area (Å²) in [6.45, 7) is 2.89. The molecule has 0 amide bonds. The molecule has 0 atom stereocenters. The van der Waals surface area contributed by atoms with Crippen molar-refractivity contribution in [3.63, 3.8) is 0 Å². The zero-order chi connectivity index (χ0) is 10.8. The number of thiazole rings is 1. The van der Waals surface area contributed by atoms with Gasteiger partial charge in [-0.15, -0.1) is 16.4 Å². The van der Waals surface area contributed by atoms with Gasteiger partial charge in [0.05, 0.1) is 5.69 Å². The van der Waals surface area contributed by atoms with Crippen LogP contribution in [0.2, 0.25) is 0 Å². The molecule has 0 saturated carbocycles. The third kappa shape index (κ3) is 2.64. The minimum Gasteiger partial charge on any atom is -0.253 e. The van der Waals surface area contributed by atoms with Gasteiger partial charge in [-0.25, -0.2) is 4.98 Å². The van der Waals surface area contributed by atoms with Gasteiger partial charge in [-0.3, -0.25) is 4.68 Å². The maximum atomic E-state index is 4.23. The van der Waals surface area contributed by atoms with E-state index in [1.807, 2.05) is 17.8 Å². The van der Waals surface area contributed by atoms with Crippen molar-refractivity contribution in [3.05, 3.63) is 25.3 Å². The molecule has 0 spiro atoms. The summed E-state index contributed by atoms with van der Waals surface area (Å²) in [4.78, 5) is 5.39. The van der Waals surface area contributed by atoms with Gasteiger partial charge >= 0.3 is 0 Å². The van der Waals surface area contributed by atoms with E-state index < -0.39 is 0 Å². The summed E-state index contributed by atoms with van der Waals surface area (Å²) < 4.78 is 3.58. The molecule has 7 heteroatoms. The number of rotatable bonds is 3. The number of aromatic nitrogens is 4. The first-order chi connectivity index (χ1) is 7.19. The predicted molar refractivity (Wildman–Crippen MR) is 66.0 cm³/mol. The summed E-state index contributed by atoms with van der Waals surface area (Å²) in [6, 6.07) is 0. The fourth-order valence-electron chi connectivity index (χ4n) is 1.15. The Morgan fingerprint density at radius 1 is 1.47 bits per heavy atom. The quantitative estimate of drug-likeness (QED) is 0.853. The lowest BCUT2D eigenvalue weighted by Gasteiger charge is -1.91. The van der Waals surface area contributed by atoms with E-state index in [1.54, 1.807) is 11.3 Å². The largest absolute Gasteiger partial charge is 0.253 e. The Bertz CT molecular complexity index is 465. The molecule has 0 unspecified atom stereocenters. The molecule has 0 radical (unpaired) electrons. The average Bonchev–Trinajstić information content (AvgIpc) is 2.75. The smallest absolute Gasteiger partial charge is 0.160 e. The summed E-state index contributed by atoms with van der Waals surface area (Å²) in [5, 5.41) is 8.08. The molecule has 0 aliphatic carbocycles. The van der Waals surface area contributed by atoms with Gasteiger partial charge in [-0.2, -0.15) is 0 Å². The van der Waals surface area contributed by atoms with Crippen LogP contribution in [0.5, 0.6) is 0 Å². The lowest BCUT2D eigenvalue weighted by atomic mass is 10.3. The molecule has 2 aromatic heterocycles. The number of halogens is 2. The van der Waals surface area contributed by atoms with Crippen molar-refractivity contribution >= 4 is 43.2 Å². The molecule has 0 aliphatic rings. The van der Waals surface area contributed by atoms with Crippen LogP contribution in [-0.4, -0.2) is 20.0 Å². The lowest BCUT2D eigenvalue weighted by molar-refractivity contribution is 0.626. The first-order valence-electron chi connectivity index (χ1n) is 4.38. The third-order valence-corrected chi connectivity index (χ3v) is 4.30. The molecule has 15 heavy (non-hydrogen) atoms. The average molecular weight is 352 g/mol. The van der Waals surface area contributed by atoms with Crippen molar-refractivity contribution in [2.24, 2.45) is 0 Å². The fourth-order valence-corrected chi connectivity index (χ4v) is 3.52. The monoisotopic (exact) mass is 350 g/mol. The van der Waals surface area contributed by atoms with E-state index in [0.29, 0.717) is 0 Å². The molecule has 2 rings (SSSR count). The summed E-state index contributed by atoms with van der Waals surface area (Å²) in [6.07, 6.45) is 2.73. The Kier molecular flexibility index (Phi) is 3.53. The molecule has 4 nitrogen and oxygen atoms in total. The highest BCUT2D eigenvalue weighted by Crippen LogP contribution is 2.28. The fraction of sp³-hybridized carbons (Fsp3) is 0.375. The Morgan fingerprint density at radius 2 is 2.27 bits per heavy atom. The first kappa shape index (κ1) is 11.2. The van der Waals surface area contributed by atoms with Crippen LogP contribution in [0.4, 0.5) is 0 Å². The summed E-state index contributed by atoms with van der Waals surface area (Å²) in [5.41, 5.74) is 0.966. The van der Waals surface area contributed by atoms with Crippen LogP contribution in [0.15, 0.2) is 14.7 Å². The van der Waals surface area contributed by atoms with Crippen LogP contribution in [0.3, 0.4) is 0 Å². The Balaban J connectivity index is 2.17. The standard InChI is InChI=1S/C8H8Br2N4S/c1-2-14-4-5(12-13-14)3-6-7(9)11-8(10)15-6/h4H,2-3H2,1H3. The van der Waals surface area contributed by atoms with Crippen molar-refractivity contribution in [1.82, 2.24) is 20.0 Å². The van der Waals surface area contributed by atoms with Gasteiger partial charge in [0.15, 0.2) is 3.92 Å². The highest BCUT2D eigenvalue weighted by Gasteiger charge is 2.09. The third-order valence-electron chi connectivity index (χ3n) is 1.88. The van der Waals surface area contributed by atoms with Gasteiger partial charge in [0.25, 0.3) is 0 Å². The van der Waals surface area contributed by atoms with E-state index in [4.69, 9.17) is 0 Å². The van der Waals surface area contributed by atoms with Crippen molar-refractivity contribution in [2.75, 3.05) is 0 Å². The van der Waals surface area contributed by atoms with Crippen LogP contribution in [-0.2, 0) is 13.0 Å². The van der Waals surface area contributed by atoms with Crippen molar-refractivity contribution < 1.29 is 0 Å². The van der Waals surface area contributed by atoms with E-state index in [1.165, 1.54) is 0 Å². The molecule has 0 N–H and O–H groups in total. The van der Waals surface area contributed by atoms with Gasteiger partial charge in [-0.1, -0.05) is 5.21 Å². The van der Waals surface area contributed by atoms with Crippen molar-refractivity contribution in [3.8, 4) is 0 Å². The van der Waals surface area contributed by atoms with Crippen LogP contribution in [0.1, 0.15) is 17.5 Å². The molecule has 0 aromatic carbocycles. The Labute approximate surface area is 108 Å². The number of nitrogens with zero attached hydrogens (tertiary/aromatic N) is 4. The predicted octanol–water partition coefficient (Wildman–Crippen LogP) is 2.87. The highest BCUT2D eigenvalue weighted by atomic mass is 79.9. The van der Waals surface area contributed by atoms with Crippen LogP contribution < -0.4 is 0 Å². The molecular formula is C8H8Br2N4S. The van der Waals surface area contributed by atoms with E-state index in [9.17, 15) is 0 Å². The van der Waals surface area contributed by atoms with Crippen LogP contribution in [0.25, 0.3) is 0 Å². The van der Waals surface area contributed by atoms with Gasteiger partial charge in [0.1, 0.15) is 4.60 Å². The minimum absolute atomic E-state index is 0.768. The maximum absolute atomic E-state index is 4.23. The molecule has 80 valence electrons. The molecule has 2 aromatic rings. The SMILES string of the molecule is CCn1cc(Cc2sc(Br)nc2Br)nn1. The van der Waals surface area contributed by atoms with Crippen molar-refractivity contribution in [1.29, 1.82) is 0 Å². The zero-order valence-corrected chi connectivity index (χ0v) is 11.9. The van der Waals surface area contributed by atoms with Gasteiger partial charge in [-0.05, 0) is 38.8 Å². The number of hydrogen-bond acceptors (Lipinski definition) is 4. The zero-order valence-electron chi connectivity index (χ0n) is 7.94. The highest BCUT2D eigenvalue weighted by molar-refractivity contribution is 9.11. The number of hydrogen-bond donors (Lipinski definition) is 0. The van der Waals surface area contributed by atoms with E-state index in [0.717, 1.165) is 32.1 Å². The summed E-state index contributed by atoms with van der Waals surface area (Å²) in [7, 11) is 0. The summed E-state index contributed by atoms with van der Waals surface area (Å²) >= 11 is 8.37. The van der Waals surface area contributed by atoms with E-state index in [2.05, 4.69) is 47.2 Å². The van der Waals surface area contributed by atoms with Gasteiger partial charge < -0.3 is 0 Å². The molecule has 0 fully saturated rings. The van der Waals surface area contributed by atoms with E-state index >= 15 is 0 Å². The molecule has 2 heterocycles. The van der Waals surface area contributed by atoms with Crippen LogP contribution in [0, 0.1) is 0 Å². The molecular weight excluding hydrogens is 344 g/mol. The Hall–Kier alpha value is -0.270. The van der Waals surface area contributed by atoms with Crippen molar-refractivity contribution in [2.45, 2.75) is 19.9 Å². The maximum Gasteiger partial charge on any atom is 0.160 e. The van der Waals surface area contributed by atoms with Gasteiger partial charge in [0, 0.05) is 24.0 Å². The second kappa shape index (κ2) is 4.71.